The van der Waals surface area contributed by atoms with E-state index in [0.29, 0.717) is 23.8 Å². The van der Waals surface area contributed by atoms with Gasteiger partial charge in [-0.1, -0.05) is 23.7 Å². The minimum atomic E-state index is 0.451. The SMILES string of the molecule is COc1cccc(CCON)c1Cl. The van der Waals surface area contributed by atoms with Crippen LogP contribution in [-0.2, 0) is 11.3 Å². The van der Waals surface area contributed by atoms with E-state index in [1.807, 2.05) is 18.2 Å². The van der Waals surface area contributed by atoms with E-state index in [9.17, 15) is 0 Å². The monoisotopic (exact) mass is 201 g/mol. The third-order valence-electron chi connectivity index (χ3n) is 1.75. The largest absolute Gasteiger partial charge is 0.495 e. The van der Waals surface area contributed by atoms with Crippen molar-refractivity contribution in [3.63, 3.8) is 0 Å². The fourth-order valence-electron chi connectivity index (χ4n) is 1.08. The van der Waals surface area contributed by atoms with Gasteiger partial charge in [0.1, 0.15) is 5.75 Å². The highest BCUT2D eigenvalue weighted by atomic mass is 35.5. The zero-order chi connectivity index (χ0) is 9.68. The molecule has 3 nitrogen and oxygen atoms in total. The normalized spacial score (nSPS) is 10.1. The molecule has 1 aromatic rings. The maximum atomic E-state index is 6.02. The van der Waals surface area contributed by atoms with Gasteiger partial charge in [-0.05, 0) is 18.1 Å². The third kappa shape index (κ3) is 2.59. The second-order valence-electron chi connectivity index (χ2n) is 2.55. The molecule has 0 spiro atoms. The van der Waals surface area contributed by atoms with Gasteiger partial charge in [-0.3, -0.25) is 0 Å². The van der Waals surface area contributed by atoms with Gasteiger partial charge in [0.25, 0.3) is 0 Å². The van der Waals surface area contributed by atoms with E-state index in [1.165, 1.54) is 0 Å². The predicted octanol–water partition coefficient (Wildman–Crippen LogP) is 1.78. The van der Waals surface area contributed by atoms with Crippen molar-refractivity contribution >= 4 is 11.6 Å². The Bertz CT molecular complexity index is 278. The molecule has 13 heavy (non-hydrogen) atoms. The standard InChI is InChI=1S/C9H12ClNO2/c1-12-8-4-2-3-7(9(8)10)5-6-13-11/h2-4H,5-6,11H2,1H3. The van der Waals surface area contributed by atoms with Crippen LogP contribution < -0.4 is 10.6 Å². The van der Waals surface area contributed by atoms with Gasteiger partial charge >= 0.3 is 0 Å². The van der Waals surface area contributed by atoms with E-state index in [0.717, 1.165) is 5.56 Å². The highest BCUT2D eigenvalue weighted by Gasteiger charge is 2.05. The average Bonchev–Trinajstić information content (AvgIpc) is 2.16. The molecular formula is C9H12ClNO2. The first-order valence-corrected chi connectivity index (χ1v) is 4.30. The van der Waals surface area contributed by atoms with E-state index >= 15 is 0 Å². The Morgan fingerprint density at radius 1 is 1.46 bits per heavy atom. The van der Waals surface area contributed by atoms with Crippen LogP contribution in [0.25, 0.3) is 0 Å². The van der Waals surface area contributed by atoms with Crippen LogP contribution in [0.15, 0.2) is 18.2 Å². The molecule has 0 bridgehead atoms. The number of hydrogen-bond acceptors (Lipinski definition) is 3. The van der Waals surface area contributed by atoms with E-state index < -0.39 is 0 Å². The van der Waals surface area contributed by atoms with Gasteiger partial charge in [0.05, 0.1) is 18.7 Å². The summed E-state index contributed by atoms with van der Waals surface area (Å²) in [6.07, 6.45) is 0.687. The summed E-state index contributed by atoms with van der Waals surface area (Å²) >= 11 is 6.02. The Hall–Kier alpha value is -0.770. The van der Waals surface area contributed by atoms with Gasteiger partial charge in [0, 0.05) is 0 Å². The summed E-state index contributed by atoms with van der Waals surface area (Å²) in [4.78, 5) is 4.47. The second-order valence-corrected chi connectivity index (χ2v) is 2.93. The molecule has 0 heterocycles. The molecule has 72 valence electrons. The lowest BCUT2D eigenvalue weighted by Crippen LogP contribution is -2.04. The molecule has 0 saturated carbocycles. The van der Waals surface area contributed by atoms with E-state index in [4.69, 9.17) is 22.2 Å². The number of benzene rings is 1. The molecule has 0 aromatic heterocycles. The van der Waals surface area contributed by atoms with Gasteiger partial charge in [0.2, 0.25) is 0 Å². The maximum absolute atomic E-state index is 6.02. The molecule has 0 amide bonds. The van der Waals surface area contributed by atoms with E-state index in [1.54, 1.807) is 7.11 Å². The van der Waals surface area contributed by atoms with E-state index in [2.05, 4.69) is 4.84 Å². The number of hydrogen-bond donors (Lipinski definition) is 1. The summed E-state index contributed by atoms with van der Waals surface area (Å²) in [5.41, 5.74) is 0.978. The van der Waals surface area contributed by atoms with Crippen molar-refractivity contribution in [2.24, 2.45) is 5.90 Å². The zero-order valence-corrected chi connectivity index (χ0v) is 8.17. The van der Waals surface area contributed by atoms with Crippen molar-refractivity contribution in [3.05, 3.63) is 28.8 Å². The summed E-state index contributed by atoms with van der Waals surface area (Å²) in [6, 6.07) is 5.62. The average molecular weight is 202 g/mol. The molecular weight excluding hydrogens is 190 g/mol. The van der Waals surface area contributed by atoms with Gasteiger partial charge in [-0.2, -0.15) is 0 Å². The summed E-state index contributed by atoms with van der Waals surface area (Å²) in [6.45, 7) is 0.451. The Morgan fingerprint density at radius 3 is 2.85 bits per heavy atom. The second kappa shape index (κ2) is 5.07. The van der Waals surface area contributed by atoms with Crippen LogP contribution in [0.4, 0.5) is 0 Å². The van der Waals surface area contributed by atoms with Crippen molar-refractivity contribution in [3.8, 4) is 5.75 Å². The van der Waals surface area contributed by atoms with Gasteiger partial charge in [0.15, 0.2) is 0 Å². The van der Waals surface area contributed by atoms with Crippen LogP contribution in [0.2, 0.25) is 5.02 Å². The van der Waals surface area contributed by atoms with Crippen molar-refractivity contribution in [2.45, 2.75) is 6.42 Å². The molecule has 0 atom stereocenters. The Kier molecular flexibility index (Phi) is 4.02. The molecule has 0 radical (unpaired) electrons. The van der Waals surface area contributed by atoms with Crippen molar-refractivity contribution < 1.29 is 9.57 Å². The molecule has 0 saturated heterocycles. The summed E-state index contributed by atoms with van der Waals surface area (Å²) in [5, 5.41) is 0.627. The van der Waals surface area contributed by atoms with Crippen LogP contribution in [0.5, 0.6) is 5.75 Å². The molecule has 0 fully saturated rings. The van der Waals surface area contributed by atoms with Gasteiger partial charge in [-0.25, -0.2) is 5.90 Å². The summed E-state index contributed by atoms with van der Waals surface area (Å²) < 4.78 is 5.06. The fourth-order valence-corrected chi connectivity index (χ4v) is 1.37. The van der Waals surface area contributed by atoms with Crippen LogP contribution in [-0.4, -0.2) is 13.7 Å². The number of methoxy groups -OCH3 is 1. The molecule has 1 rings (SSSR count). The lowest BCUT2D eigenvalue weighted by Gasteiger charge is -2.07. The Labute approximate surface area is 82.4 Å². The molecule has 0 aliphatic carbocycles. The highest BCUT2D eigenvalue weighted by molar-refractivity contribution is 6.32. The van der Waals surface area contributed by atoms with Crippen LogP contribution in [0.1, 0.15) is 5.56 Å². The number of rotatable bonds is 4. The number of halogens is 1. The fraction of sp³-hybridized carbons (Fsp3) is 0.333. The van der Waals surface area contributed by atoms with Crippen molar-refractivity contribution in [2.75, 3.05) is 13.7 Å². The number of nitrogens with two attached hydrogens (primary N) is 1. The van der Waals surface area contributed by atoms with Gasteiger partial charge < -0.3 is 9.57 Å². The highest BCUT2D eigenvalue weighted by Crippen LogP contribution is 2.27. The zero-order valence-electron chi connectivity index (χ0n) is 7.42. The first kappa shape index (κ1) is 10.3. The molecule has 1 aromatic carbocycles. The van der Waals surface area contributed by atoms with Crippen LogP contribution in [0.3, 0.4) is 0 Å². The quantitative estimate of drug-likeness (QED) is 0.756. The lowest BCUT2D eigenvalue weighted by atomic mass is 10.1. The van der Waals surface area contributed by atoms with E-state index in [-0.39, 0.29) is 0 Å². The smallest absolute Gasteiger partial charge is 0.137 e. The van der Waals surface area contributed by atoms with Crippen molar-refractivity contribution in [1.29, 1.82) is 0 Å². The van der Waals surface area contributed by atoms with Crippen LogP contribution >= 0.6 is 11.6 Å². The summed E-state index contributed by atoms with van der Waals surface area (Å²) in [7, 11) is 1.59. The predicted molar refractivity (Wildman–Crippen MR) is 51.8 cm³/mol. The first-order valence-electron chi connectivity index (χ1n) is 3.92. The maximum Gasteiger partial charge on any atom is 0.137 e. The minimum absolute atomic E-state index is 0.451. The Balaban J connectivity index is 2.81. The van der Waals surface area contributed by atoms with Crippen molar-refractivity contribution in [1.82, 2.24) is 0 Å². The first-order chi connectivity index (χ1) is 6.29. The molecule has 4 heteroatoms. The third-order valence-corrected chi connectivity index (χ3v) is 2.18. The Morgan fingerprint density at radius 2 is 2.23 bits per heavy atom. The lowest BCUT2D eigenvalue weighted by molar-refractivity contribution is 0.141. The number of ether oxygens (including phenoxy) is 1. The minimum Gasteiger partial charge on any atom is -0.495 e. The topological polar surface area (TPSA) is 44.5 Å². The molecule has 0 unspecified atom stereocenters. The molecule has 0 aliphatic heterocycles. The summed E-state index contributed by atoms with van der Waals surface area (Å²) in [5.74, 6) is 5.60. The van der Waals surface area contributed by atoms with Crippen LogP contribution in [0, 0.1) is 0 Å². The molecule has 0 aliphatic rings. The van der Waals surface area contributed by atoms with Gasteiger partial charge in [-0.15, -0.1) is 0 Å². The molecule has 2 N–H and O–H groups in total.